The van der Waals surface area contributed by atoms with Crippen LogP contribution in [0.25, 0.3) is 0 Å². The first-order valence-electron chi connectivity index (χ1n) is 6.25. The summed E-state index contributed by atoms with van der Waals surface area (Å²) in [7, 11) is 0. The van der Waals surface area contributed by atoms with Gasteiger partial charge in [0.15, 0.2) is 0 Å². The van der Waals surface area contributed by atoms with Crippen molar-refractivity contribution in [3.8, 4) is 0 Å². The number of imide groups is 1. The number of carbonyl (C=O) groups is 3. The molecular formula is C14H15NO4. The molecule has 1 aromatic carbocycles. The molecule has 1 aliphatic carbocycles. The molecule has 0 atom stereocenters. The molecule has 0 spiro atoms. The lowest BCUT2D eigenvalue weighted by molar-refractivity contribution is -0.117. The minimum atomic E-state index is -1.17. The average molecular weight is 261 g/mol. The highest BCUT2D eigenvalue weighted by Gasteiger charge is 2.29. The summed E-state index contributed by atoms with van der Waals surface area (Å²) in [6.45, 7) is 0. The lowest BCUT2D eigenvalue weighted by Crippen LogP contribution is -2.38. The predicted molar refractivity (Wildman–Crippen MR) is 67.9 cm³/mol. The van der Waals surface area contributed by atoms with E-state index >= 15 is 0 Å². The zero-order chi connectivity index (χ0) is 13.8. The van der Waals surface area contributed by atoms with Crippen LogP contribution in [0.5, 0.6) is 0 Å². The molecule has 5 nitrogen and oxygen atoms in total. The summed E-state index contributed by atoms with van der Waals surface area (Å²) in [4.78, 5) is 35.7. The third kappa shape index (κ3) is 2.65. The van der Waals surface area contributed by atoms with Gasteiger partial charge in [0.2, 0.25) is 6.41 Å². The topological polar surface area (TPSA) is 74.7 Å². The first-order chi connectivity index (χ1) is 9.15. The van der Waals surface area contributed by atoms with Gasteiger partial charge in [0, 0.05) is 6.04 Å². The Kier molecular flexibility index (Phi) is 3.94. The second-order valence-electron chi connectivity index (χ2n) is 4.61. The van der Waals surface area contributed by atoms with E-state index in [0.717, 1.165) is 30.6 Å². The molecule has 0 bridgehead atoms. The Labute approximate surface area is 110 Å². The van der Waals surface area contributed by atoms with Crippen molar-refractivity contribution >= 4 is 18.3 Å². The van der Waals surface area contributed by atoms with Crippen molar-refractivity contribution in [2.24, 2.45) is 0 Å². The molecule has 0 saturated heterocycles. The smallest absolute Gasteiger partial charge is 0.336 e. The van der Waals surface area contributed by atoms with E-state index in [4.69, 9.17) is 5.11 Å². The van der Waals surface area contributed by atoms with E-state index in [1.165, 1.54) is 12.1 Å². The van der Waals surface area contributed by atoms with Crippen LogP contribution in [0.2, 0.25) is 0 Å². The summed E-state index contributed by atoms with van der Waals surface area (Å²) < 4.78 is 0. The van der Waals surface area contributed by atoms with E-state index in [1.807, 2.05) is 0 Å². The van der Waals surface area contributed by atoms with Crippen LogP contribution in [0.3, 0.4) is 0 Å². The molecule has 19 heavy (non-hydrogen) atoms. The van der Waals surface area contributed by atoms with Crippen LogP contribution in [0, 0.1) is 0 Å². The highest BCUT2D eigenvalue weighted by atomic mass is 16.4. The summed E-state index contributed by atoms with van der Waals surface area (Å²) in [5.41, 5.74) is -0.00801. The molecule has 2 rings (SSSR count). The van der Waals surface area contributed by atoms with E-state index in [0.29, 0.717) is 6.41 Å². The first-order valence-corrected chi connectivity index (χ1v) is 6.25. The third-order valence-corrected chi connectivity index (χ3v) is 3.45. The Hall–Kier alpha value is -2.17. The molecule has 0 aliphatic heterocycles. The summed E-state index contributed by atoms with van der Waals surface area (Å²) in [5, 5.41) is 9.08. The molecule has 0 heterocycles. The third-order valence-electron chi connectivity index (χ3n) is 3.45. The molecule has 1 aromatic rings. The fourth-order valence-corrected chi connectivity index (χ4v) is 2.48. The van der Waals surface area contributed by atoms with E-state index in [1.54, 1.807) is 12.1 Å². The predicted octanol–water partition coefficient (Wildman–Crippen LogP) is 1.93. The average Bonchev–Trinajstić information content (AvgIpc) is 2.93. The standard InChI is InChI=1S/C14H15NO4/c16-9-15(10-5-1-2-6-10)13(17)11-7-3-4-8-12(11)14(18)19/h3-4,7-10H,1-2,5-6H2,(H,18,19). The van der Waals surface area contributed by atoms with Gasteiger partial charge in [-0.1, -0.05) is 25.0 Å². The van der Waals surface area contributed by atoms with Crippen molar-refractivity contribution in [3.05, 3.63) is 35.4 Å². The number of nitrogens with zero attached hydrogens (tertiary/aromatic N) is 1. The van der Waals surface area contributed by atoms with E-state index in [-0.39, 0.29) is 17.2 Å². The molecular weight excluding hydrogens is 246 g/mol. The second-order valence-corrected chi connectivity index (χ2v) is 4.61. The van der Waals surface area contributed by atoms with Gasteiger partial charge >= 0.3 is 5.97 Å². The number of hydrogen-bond acceptors (Lipinski definition) is 3. The molecule has 1 fully saturated rings. The summed E-state index contributed by atoms with van der Waals surface area (Å²) in [6.07, 6.45) is 4.07. The van der Waals surface area contributed by atoms with Crippen molar-refractivity contribution in [1.82, 2.24) is 4.90 Å². The number of carbonyl (C=O) groups excluding carboxylic acids is 2. The number of aromatic carboxylic acids is 1. The van der Waals surface area contributed by atoms with Gasteiger partial charge in [-0.25, -0.2) is 4.79 Å². The van der Waals surface area contributed by atoms with Crippen molar-refractivity contribution in [2.45, 2.75) is 31.7 Å². The number of amides is 2. The molecule has 0 aromatic heterocycles. The van der Waals surface area contributed by atoms with Crippen LogP contribution in [0.1, 0.15) is 46.4 Å². The summed E-state index contributed by atoms with van der Waals surface area (Å²) in [5.74, 6) is -1.69. The molecule has 0 radical (unpaired) electrons. The van der Waals surface area contributed by atoms with Gasteiger partial charge in [-0.3, -0.25) is 14.5 Å². The monoisotopic (exact) mass is 261 g/mol. The normalized spacial score (nSPS) is 15.2. The van der Waals surface area contributed by atoms with Crippen LogP contribution in [0.15, 0.2) is 24.3 Å². The van der Waals surface area contributed by atoms with E-state index in [9.17, 15) is 14.4 Å². The summed E-state index contributed by atoms with van der Waals surface area (Å²) in [6, 6.07) is 5.86. The first kappa shape index (κ1) is 13.3. The minimum Gasteiger partial charge on any atom is -0.478 e. The number of carboxylic acid groups (broad SMARTS) is 1. The van der Waals surface area contributed by atoms with Gasteiger partial charge in [0.25, 0.3) is 5.91 Å². The van der Waals surface area contributed by atoms with Crippen molar-refractivity contribution in [3.63, 3.8) is 0 Å². The lowest BCUT2D eigenvalue weighted by Gasteiger charge is -2.23. The fraction of sp³-hybridized carbons (Fsp3) is 0.357. The van der Waals surface area contributed by atoms with Crippen molar-refractivity contribution in [2.75, 3.05) is 0 Å². The molecule has 2 amide bonds. The number of carboxylic acids is 1. The van der Waals surface area contributed by atoms with E-state index in [2.05, 4.69) is 0 Å². The van der Waals surface area contributed by atoms with Crippen LogP contribution in [-0.2, 0) is 4.79 Å². The van der Waals surface area contributed by atoms with Crippen molar-refractivity contribution in [1.29, 1.82) is 0 Å². The van der Waals surface area contributed by atoms with Gasteiger partial charge in [-0.2, -0.15) is 0 Å². The maximum absolute atomic E-state index is 12.3. The van der Waals surface area contributed by atoms with Crippen LogP contribution < -0.4 is 0 Å². The number of benzene rings is 1. The van der Waals surface area contributed by atoms with Crippen LogP contribution in [0.4, 0.5) is 0 Å². The second kappa shape index (κ2) is 5.65. The summed E-state index contributed by atoms with van der Waals surface area (Å²) >= 11 is 0. The minimum absolute atomic E-state index is 0.0639. The number of rotatable bonds is 4. The molecule has 100 valence electrons. The van der Waals surface area contributed by atoms with Gasteiger partial charge in [-0.05, 0) is 25.0 Å². The quantitative estimate of drug-likeness (QED) is 0.840. The van der Waals surface area contributed by atoms with Gasteiger partial charge < -0.3 is 5.11 Å². The highest BCUT2D eigenvalue weighted by Crippen LogP contribution is 2.24. The number of hydrogen-bond donors (Lipinski definition) is 1. The molecule has 1 saturated carbocycles. The molecule has 5 heteroatoms. The van der Waals surface area contributed by atoms with Crippen LogP contribution >= 0.6 is 0 Å². The molecule has 1 N–H and O–H groups in total. The fourth-order valence-electron chi connectivity index (χ4n) is 2.48. The van der Waals surface area contributed by atoms with Crippen LogP contribution in [-0.4, -0.2) is 34.3 Å². The van der Waals surface area contributed by atoms with E-state index < -0.39 is 11.9 Å². The maximum Gasteiger partial charge on any atom is 0.336 e. The highest BCUT2D eigenvalue weighted by molar-refractivity contribution is 6.07. The Morgan fingerprint density at radius 3 is 2.26 bits per heavy atom. The van der Waals surface area contributed by atoms with Gasteiger partial charge in [0.1, 0.15) is 0 Å². The Balaban J connectivity index is 2.32. The zero-order valence-electron chi connectivity index (χ0n) is 10.4. The lowest BCUT2D eigenvalue weighted by atomic mass is 10.1. The van der Waals surface area contributed by atoms with Gasteiger partial charge in [0.05, 0.1) is 11.1 Å². The van der Waals surface area contributed by atoms with Gasteiger partial charge in [-0.15, -0.1) is 0 Å². The zero-order valence-corrected chi connectivity index (χ0v) is 10.4. The Morgan fingerprint density at radius 2 is 1.74 bits per heavy atom. The molecule has 1 aliphatic rings. The van der Waals surface area contributed by atoms with Crippen molar-refractivity contribution < 1.29 is 19.5 Å². The SMILES string of the molecule is O=CN(C(=O)c1ccccc1C(=O)O)C1CCCC1. The molecule has 0 unspecified atom stereocenters. The Morgan fingerprint density at radius 1 is 1.16 bits per heavy atom. The Bertz CT molecular complexity index is 506. The largest absolute Gasteiger partial charge is 0.478 e. The maximum atomic E-state index is 12.3.